The topological polar surface area (TPSA) is 32.9 Å². The van der Waals surface area contributed by atoms with Crippen LogP contribution in [0.15, 0.2) is 34.1 Å². The zero-order valence-electron chi connectivity index (χ0n) is 15.0. The Bertz CT molecular complexity index is 857. The summed E-state index contributed by atoms with van der Waals surface area (Å²) < 4.78 is 0. The van der Waals surface area contributed by atoms with E-state index in [2.05, 4.69) is 50.0 Å². The van der Waals surface area contributed by atoms with E-state index in [9.17, 15) is 4.79 Å². The lowest BCUT2D eigenvalue weighted by Crippen LogP contribution is -2.33. The number of hydrogen-bond acceptors (Lipinski definition) is 3. The number of aromatic nitrogens is 1. The third-order valence-electron chi connectivity index (χ3n) is 6.60. The Kier molecular flexibility index (Phi) is 3.56. The van der Waals surface area contributed by atoms with E-state index in [-0.39, 0.29) is 10.3 Å². The fraction of sp³-hybridized carbons (Fsp3) is 0.571. The van der Waals surface area contributed by atoms with E-state index < -0.39 is 0 Å². The van der Waals surface area contributed by atoms with Crippen molar-refractivity contribution in [2.45, 2.75) is 61.6 Å². The first-order valence-electron chi connectivity index (χ1n) is 9.42. The maximum atomic E-state index is 12.1. The maximum Gasteiger partial charge on any atom is 0.305 e. The normalized spacial score (nSPS) is 33.3. The summed E-state index contributed by atoms with van der Waals surface area (Å²) in [6.45, 7) is 6.80. The van der Waals surface area contributed by atoms with Crippen molar-refractivity contribution in [1.29, 1.82) is 0 Å². The van der Waals surface area contributed by atoms with Crippen molar-refractivity contribution < 1.29 is 0 Å². The van der Waals surface area contributed by atoms with Gasteiger partial charge in [0, 0.05) is 16.0 Å². The minimum Gasteiger partial charge on any atom is -0.307 e. The van der Waals surface area contributed by atoms with Crippen LogP contribution in [0.5, 0.6) is 0 Å². The highest BCUT2D eigenvalue weighted by Crippen LogP contribution is 2.63. The third kappa shape index (κ3) is 2.48. The van der Waals surface area contributed by atoms with Gasteiger partial charge in [-0.05, 0) is 53.6 Å². The van der Waals surface area contributed by atoms with E-state index in [1.54, 1.807) is 0 Å². The van der Waals surface area contributed by atoms with Gasteiger partial charge in [-0.25, -0.2) is 0 Å². The largest absolute Gasteiger partial charge is 0.307 e. The summed E-state index contributed by atoms with van der Waals surface area (Å²) in [7, 11) is 0. The number of thioether (sulfide) groups is 1. The smallest absolute Gasteiger partial charge is 0.305 e. The van der Waals surface area contributed by atoms with Crippen molar-refractivity contribution in [2.24, 2.45) is 17.8 Å². The molecular weight excluding hydrogens is 346 g/mol. The number of benzene rings is 1. The molecule has 132 valence electrons. The number of fused-ring (bicyclic) bond motifs is 6. The minimum atomic E-state index is 0.112. The van der Waals surface area contributed by atoms with Crippen LogP contribution < -0.4 is 4.87 Å². The summed E-state index contributed by atoms with van der Waals surface area (Å²) >= 11 is 3.42. The van der Waals surface area contributed by atoms with Crippen LogP contribution in [0.3, 0.4) is 0 Å². The average molecular weight is 372 g/mol. The molecule has 1 aliphatic heterocycles. The number of nitrogens with one attached hydrogen (secondary N) is 1. The van der Waals surface area contributed by atoms with Crippen LogP contribution >= 0.6 is 23.1 Å². The molecular formula is C21H25NOS2. The molecule has 0 unspecified atom stereocenters. The Hall–Kier alpha value is -1.000. The Labute approximate surface area is 157 Å². The minimum absolute atomic E-state index is 0.112. The number of hydrogen-bond donors (Lipinski definition) is 1. The van der Waals surface area contributed by atoms with Gasteiger partial charge in [0.1, 0.15) is 0 Å². The zero-order chi connectivity index (χ0) is 17.3. The molecule has 0 amide bonds. The highest BCUT2D eigenvalue weighted by atomic mass is 32.2. The van der Waals surface area contributed by atoms with Crippen LogP contribution in [0.25, 0.3) is 0 Å². The molecule has 2 saturated carbocycles. The lowest BCUT2D eigenvalue weighted by molar-refractivity contribution is 0.307. The Morgan fingerprint density at radius 1 is 1.08 bits per heavy atom. The van der Waals surface area contributed by atoms with Gasteiger partial charge >= 0.3 is 4.87 Å². The van der Waals surface area contributed by atoms with E-state index in [1.165, 1.54) is 46.6 Å². The molecule has 25 heavy (non-hydrogen) atoms. The fourth-order valence-electron chi connectivity index (χ4n) is 5.41. The zero-order valence-corrected chi connectivity index (χ0v) is 16.7. The predicted octanol–water partition coefficient (Wildman–Crippen LogP) is 5.39. The second kappa shape index (κ2) is 5.50. The first-order chi connectivity index (χ1) is 11.9. The average Bonchev–Trinajstić information content (AvgIpc) is 3.25. The summed E-state index contributed by atoms with van der Waals surface area (Å²) in [5.74, 6) is 2.82. The first kappa shape index (κ1) is 16.2. The summed E-state index contributed by atoms with van der Waals surface area (Å²) in [6.07, 6.45) is 4.17. The Morgan fingerprint density at radius 2 is 1.80 bits per heavy atom. The number of rotatable bonds is 1. The van der Waals surface area contributed by atoms with Crippen LogP contribution in [-0.4, -0.2) is 10.2 Å². The molecule has 4 heteroatoms. The molecule has 2 heterocycles. The van der Waals surface area contributed by atoms with Gasteiger partial charge in [0.25, 0.3) is 0 Å². The highest BCUT2D eigenvalue weighted by molar-refractivity contribution is 8.00. The molecule has 0 radical (unpaired) electrons. The van der Waals surface area contributed by atoms with Crippen molar-refractivity contribution in [1.82, 2.24) is 4.98 Å². The number of aromatic amines is 1. The Morgan fingerprint density at radius 3 is 2.52 bits per heavy atom. The van der Waals surface area contributed by atoms with Gasteiger partial charge in [-0.1, -0.05) is 56.4 Å². The van der Waals surface area contributed by atoms with Crippen molar-refractivity contribution in [3.8, 4) is 0 Å². The van der Waals surface area contributed by atoms with E-state index in [0.717, 1.165) is 16.9 Å². The van der Waals surface area contributed by atoms with E-state index >= 15 is 0 Å². The number of thiazole rings is 1. The van der Waals surface area contributed by atoms with E-state index in [0.29, 0.717) is 17.1 Å². The van der Waals surface area contributed by atoms with Crippen molar-refractivity contribution in [3.63, 3.8) is 0 Å². The standard InChI is InChI=1S/C21H25NOS2/c1-21(2,3)14-8-6-11(7-9-14)15-16-12-4-5-13(10-12)17(16)24-19-18(15)25-20(23)22-19/h6-9,12-13,15-17H,4-5,10H2,1-3H3,(H,22,23)/t12-,13-,15-,16+,17-/m0/s1. The molecule has 2 bridgehead atoms. The molecule has 1 aromatic carbocycles. The lowest BCUT2D eigenvalue weighted by atomic mass is 9.74. The highest BCUT2D eigenvalue weighted by Gasteiger charge is 2.54. The molecule has 0 saturated heterocycles. The summed E-state index contributed by atoms with van der Waals surface area (Å²) in [4.78, 5) is 16.6. The van der Waals surface area contributed by atoms with Crippen molar-refractivity contribution in [2.75, 3.05) is 0 Å². The monoisotopic (exact) mass is 371 g/mol. The predicted molar refractivity (Wildman–Crippen MR) is 106 cm³/mol. The van der Waals surface area contributed by atoms with Gasteiger partial charge in [-0.2, -0.15) is 0 Å². The van der Waals surface area contributed by atoms with Crippen LogP contribution in [0.2, 0.25) is 0 Å². The second-order valence-electron chi connectivity index (χ2n) is 9.05. The van der Waals surface area contributed by atoms with E-state index in [1.807, 2.05) is 11.8 Å². The van der Waals surface area contributed by atoms with Gasteiger partial charge in [-0.15, -0.1) is 11.8 Å². The van der Waals surface area contributed by atoms with Gasteiger partial charge in [0.15, 0.2) is 0 Å². The molecule has 2 aliphatic carbocycles. The molecule has 2 aromatic rings. The molecule has 0 spiro atoms. The molecule has 1 N–H and O–H groups in total. The van der Waals surface area contributed by atoms with E-state index in [4.69, 9.17) is 0 Å². The second-order valence-corrected chi connectivity index (χ2v) is 11.3. The van der Waals surface area contributed by atoms with Crippen LogP contribution in [-0.2, 0) is 5.41 Å². The van der Waals surface area contributed by atoms with Gasteiger partial charge in [0.05, 0.1) is 5.03 Å². The Balaban J connectivity index is 1.61. The van der Waals surface area contributed by atoms with Crippen molar-refractivity contribution in [3.05, 3.63) is 49.9 Å². The number of H-pyrrole nitrogens is 1. The van der Waals surface area contributed by atoms with Gasteiger partial charge in [0.2, 0.25) is 0 Å². The molecule has 2 nitrogen and oxygen atoms in total. The first-order valence-corrected chi connectivity index (χ1v) is 11.1. The van der Waals surface area contributed by atoms with Gasteiger partial charge < -0.3 is 4.98 Å². The molecule has 5 rings (SSSR count). The SMILES string of the molecule is CC(C)(C)c1ccc([C@@H]2c3sc(=O)[nH]c3S[C@H]3[C@H]4CC[C@@H](C4)[C@H]23)cc1. The van der Waals surface area contributed by atoms with Crippen LogP contribution in [0.1, 0.15) is 62.0 Å². The fourth-order valence-corrected chi connectivity index (χ4v) is 8.31. The molecule has 2 fully saturated rings. The molecule has 3 aliphatic rings. The quantitative estimate of drug-likeness (QED) is 0.729. The maximum absolute atomic E-state index is 12.1. The summed E-state index contributed by atoms with van der Waals surface area (Å²) in [5, 5.41) is 1.86. The van der Waals surface area contributed by atoms with Crippen molar-refractivity contribution >= 4 is 23.1 Å². The summed E-state index contributed by atoms with van der Waals surface area (Å²) in [5.41, 5.74) is 2.97. The molecule has 1 aromatic heterocycles. The molecule has 5 atom stereocenters. The van der Waals surface area contributed by atoms with Crippen LogP contribution in [0, 0.1) is 17.8 Å². The third-order valence-corrected chi connectivity index (χ3v) is 9.22. The van der Waals surface area contributed by atoms with Gasteiger partial charge in [-0.3, -0.25) is 4.79 Å². The van der Waals surface area contributed by atoms with Crippen LogP contribution in [0.4, 0.5) is 0 Å². The summed E-state index contributed by atoms with van der Waals surface area (Å²) in [6, 6.07) is 9.26. The lowest BCUT2D eigenvalue weighted by Gasteiger charge is -2.40.